The second-order valence-corrected chi connectivity index (χ2v) is 2.71. The maximum absolute atomic E-state index is 9.37. The fourth-order valence-corrected chi connectivity index (χ4v) is 1.08. The highest BCUT2D eigenvalue weighted by Gasteiger charge is 2.06. The zero-order valence-electron chi connectivity index (χ0n) is 7.53. The summed E-state index contributed by atoms with van der Waals surface area (Å²) in [6, 6.07) is 7.30. The molecule has 0 amide bonds. The van der Waals surface area contributed by atoms with Crippen molar-refractivity contribution in [2.75, 3.05) is 6.61 Å². The van der Waals surface area contributed by atoms with Crippen molar-refractivity contribution in [3.63, 3.8) is 0 Å². The summed E-state index contributed by atoms with van der Waals surface area (Å²) in [5, 5.41) is 9.37. The van der Waals surface area contributed by atoms with Crippen molar-refractivity contribution >= 4 is 0 Å². The lowest BCUT2D eigenvalue weighted by Crippen LogP contribution is -1.99. The predicted molar refractivity (Wildman–Crippen MR) is 51.4 cm³/mol. The van der Waals surface area contributed by atoms with E-state index in [0.29, 0.717) is 5.75 Å². The molecular formula is C11H12O2. The summed E-state index contributed by atoms with van der Waals surface area (Å²) in [6.45, 7) is 1.92. The fourth-order valence-electron chi connectivity index (χ4n) is 1.08. The van der Waals surface area contributed by atoms with E-state index in [9.17, 15) is 5.11 Å². The normalized spacial score (nSPS) is 11.8. The standard InChI is InChI=1S/C11H12O2/c1-3-8-13-11-7-5-4-6-10(11)9(2)12/h1,4-7,9,12H,8H2,2H3/t9-/m1/s1. The molecule has 0 unspecified atom stereocenters. The van der Waals surface area contributed by atoms with E-state index in [0.717, 1.165) is 5.56 Å². The molecule has 1 aromatic carbocycles. The number of aliphatic hydroxyl groups excluding tert-OH is 1. The van der Waals surface area contributed by atoms with Crippen molar-refractivity contribution in [3.05, 3.63) is 29.8 Å². The molecule has 1 aromatic rings. The van der Waals surface area contributed by atoms with Gasteiger partial charge in [0.1, 0.15) is 12.4 Å². The van der Waals surface area contributed by atoms with Gasteiger partial charge < -0.3 is 9.84 Å². The Morgan fingerprint density at radius 3 is 2.85 bits per heavy atom. The Hall–Kier alpha value is -1.46. The second kappa shape index (κ2) is 4.54. The summed E-state index contributed by atoms with van der Waals surface area (Å²) in [5.74, 6) is 3.03. The average Bonchev–Trinajstić information content (AvgIpc) is 2.15. The van der Waals surface area contributed by atoms with Gasteiger partial charge in [0.25, 0.3) is 0 Å². The highest BCUT2D eigenvalue weighted by atomic mass is 16.5. The molecule has 0 fully saturated rings. The Morgan fingerprint density at radius 2 is 2.23 bits per heavy atom. The monoisotopic (exact) mass is 176 g/mol. The number of ether oxygens (including phenoxy) is 1. The van der Waals surface area contributed by atoms with E-state index in [4.69, 9.17) is 11.2 Å². The molecule has 13 heavy (non-hydrogen) atoms. The van der Waals surface area contributed by atoms with E-state index >= 15 is 0 Å². The van der Waals surface area contributed by atoms with E-state index in [1.54, 1.807) is 13.0 Å². The Morgan fingerprint density at radius 1 is 1.54 bits per heavy atom. The number of para-hydroxylation sites is 1. The molecule has 0 aliphatic heterocycles. The molecule has 0 heterocycles. The zero-order chi connectivity index (χ0) is 9.68. The maximum atomic E-state index is 9.37. The van der Waals surface area contributed by atoms with Gasteiger partial charge >= 0.3 is 0 Å². The van der Waals surface area contributed by atoms with Crippen molar-refractivity contribution in [3.8, 4) is 18.1 Å². The van der Waals surface area contributed by atoms with Gasteiger partial charge in [-0.3, -0.25) is 0 Å². The van der Waals surface area contributed by atoms with Crippen LogP contribution in [0, 0.1) is 12.3 Å². The molecule has 0 aliphatic carbocycles. The molecular weight excluding hydrogens is 164 g/mol. The molecule has 1 atom stereocenters. The Kier molecular flexibility index (Phi) is 3.36. The van der Waals surface area contributed by atoms with Crippen LogP contribution in [0.3, 0.4) is 0 Å². The van der Waals surface area contributed by atoms with Gasteiger partial charge in [-0.2, -0.15) is 0 Å². The third-order valence-electron chi connectivity index (χ3n) is 1.68. The second-order valence-electron chi connectivity index (χ2n) is 2.71. The lowest BCUT2D eigenvalue weighted by atomic mass is 10.1. The molecule has 0 saturated heterocycles. The molecule has 0 spiro atoms. The maximum Gasteiger partial charge on any atom is 0.148 e. The molecule has 0 bridgehead atoms. The first-order chi connectivity index (χ1) is 6.25. The van der Waals surface area contributed by atoms with E-state index in [1.807, 2.05) is 18.2 Å². The lowest BCUT2D eigenvalue weighted by Gasteiger charge is -2.10. The quantitative estimate of drug-likeness (QED) is 0.711. The van der Waals surface area contributed by atoms with Crippen molar-refractivity contribution in [2.45, 2.75) is 13.0 Å². The molecule has 68 valence electrons. The smallest absolute Gasteiger partial charge is 0.148 e. The first-order valence-electron chi connectivity index (χ1n) is 4.09. The van der Waals surface area contributed by atoms with E-state index in [1.165, 1.54) is 0 Å². The summed E-state index contributed by atoms with van der Waals surface area (Å²) >= 11 is 0. The minimum Gasteiger partial charge on any atom is -0.481 e. The molecule has 0 aliphatic rings. The van der Waals surface area contributed by atoms with E-state index in [-0.39, 0.29) is 6.61 Å². The number of hydrogen-bond donors (Lipinski definition) is 1. The van der Waals surface area contributed by atoms with Crippen LogP contribution in [0.2, 0.25) is 0 Å². The van der Waals surface area contributed by atoms with Crippen LogP contribution in [0.15, 0.2) is 24.3 Å². The van der Waals surface area contributed by atoms with Crippen LogP contribution in [0.25, 0.3) is 0 Å². The zero-order valence-corrected chi connectivity index (χ0v) is 7.53. The van der Waals surface area contributed by atoms with Gasteiger partial charge in [-0.25, -0.2) is 0 Å². The van der Waals surface area contributed by atoms with Crippen LogP contribution in [0.5, 0.6) is 5.75 Å². The van der Waals surface area contributed by atoms with Crippen LogP contribution >= 0.6 is 0 Å². The molecule has 1 rings (SSSR count). The molecule has 2 nitrogen and oxygen atoms in total. The molecule has 0 radical (unpaired) electrons. The van der Waals surface area contributed by atoms with Crippen molar-refractivity contribution in [1.29, 1.82) is 0 Å². The minimum absolute atomic E-state index is 0.226. The van der Waals surface area contributed by atoms with Gasteiger partial charge in [0, 0.05) is 5.56 Å². The largest absolute Gasteiger partial charge is 0.481 e. The van der Waals surface area contributed by atoms with Gasteiger partial charge in [0.05, 0.1) is 6.10 Å². The van der Waals surface area contributed by atoms with Gasteiger partial charge in [0.2, 0.25) is 0 Å². The summed E-state index contributed by atoms with van der Waals surface area (Å²) < 4.78 is 5.25. The van der Waals surface area contributed by atoms with Crippen LogP contribution < -0.4 is 4.74 Å². The lowest BCUT2D eigenvalue weighted by molar-refractivity contribution is 0.193. The number of aliphatic hydroxyl groups is 1. The van der Waals surface area contributed by atoms with Gasteiger partial charge in [-0.15, -0.1) is 6.42 Å². The van der Waals surface area contributed by atoms with Crippen LogP contribution in [0.4, 0.5) is 0 Å². The fraction of sp³-hybridized carbons (Fsp3) is 0.273. The van der Waals surface area contributed by atoms with E-state index < -0.39 is 6.10 Å². The van der Waals surface area contributed by atoms with Gasteiger partial charge in [0.15, 0.2) is 0 Å². The number of terminal acetylenes is 1. The minimum atomic E-state index is -0.533. The Labute approximate surface area is 78.2 Å². The first-order valence-corrected chi connectivity index (χ1v) is 4.09. The van der Waals surface area contributed by atoms with Gasteiger partial charge in [-0.1, -0.05) is 24.1 Å². The van der Waals surface area contributed by atoms with Crippen molar-refractivity contribution < 1.29 is 9.84 Å². The number of benzene rings is 1. The van der Waals surface area contributed by atoms with Crippen LogP contribution in [0.1, 0.15) is 18.6 Å². The predicted octanol–water partition coefficient (Wildman–Crippen LogP) is 1.75. The third-order valence-corrected chi connectivity index (χ3v) is 1.68. The summed E-state index contributed by atoms with van der Waals surface area (Å²) in [5.41, 5.74) is 0.762. The molecule has 0 saturated carbocycles. The number of hydrogen-bond acceptors (Lipinski definition) is 2. The van der Waals surface area contributed by atoms with Gasteiger partial charge in [-0.05, 0) is 13.0 Å². The summed E-state index contributed by atoms with van der Waals surface area (Å²) in [4.78, 5) is 0. The average molecular weight is 176 g/mol. The van der Waals surface area contributed by atoms with Crippen molar-refractivity contribution in [2.24, 2.45) is 0 Å². The Bertz CT molecular complexity index is 310. The third kappa shape index (κ3) is 2.50. The highest BCUT2D eigenvalue weighted by Crippen LogP contribution is 2.24. The Balaban J connectivity index is 2.86. The molecule has 1 N–H and O–H groups in total. The summed E-state index contributed by atoms with van der Waals surface area (Å²) in [7, 11) is 0. The molecule has 2 heteroatoms. The molecule has 0 aromatic heterocycles. The van der Waals surface area contributed by atoms with Crippen molar-refractivity contribution in [1.82, 2.24) is 0 Å². The number of rotatable bonds is 3. The van der Waals surface area contributed by atoms with Crippen LogP contribution in [-0.2, 0) is 0 Å². The first kappa shape index (κ1) is 9.63. The SMILES string of the molecule is C#CCOc1ccccc1[C@@H](C)O. The van der Waals surface area contributed by atoms with Crippen LogP contribution in [-0.4, -0.2) is 11.7 Å². The topological polar surface area (TPSA) is 29.5 Å². The highest BCUT2D eigenvalue weighted by molar-refractivity contribution is 5.34. The van der Waals surface area contributed by atoms with E-state index in [2.05, 4.69) is 5.92 Å². The summed E-state index contributed by atoms with van der Waals surface area (Å²) in [6.07, 6.45) is 4.53.